The molecule has 4 aromatic rings. The van der Waals surface area contributed by atoms with Gasteiger partial charge in [0.15, 0.2) is 0 Å². The topological polar surface area (TPSA) is 153 Å². The summed E-state index contributed by atoms with van der Waals surface area (Å²) in [6.45, 7) is 10.9. The van der Waals surface area contributed by atoms with E-state index in [-0.39, 0.29) is 49.4 Å². The predicted octanol–water partition coefficient (Wildman–Crippen LogP) is 11.4. The zero-order valence-corrected chi connectivity index (χ0v) is 64.0. The number of esters is 4. The molecule has 0 bridgehead atoms. The molecule has 1 N–H and O–H groups in total. The summed E-state index contributed by atoms with van der Waals surface area (Å²) in [6, 6.07) is 26.7. The summed E-state index contributed by atoms with van der Waals surface area (Å²) in [5.74, 6) is 0.502. The second kappa shape index (κ2) is 54.2. The number of phenolic OH excluding ortho intramolecular Hbond substituents is 1. The van der Waals surface area contributed by atoms with Gasteiger partial charge in [0.05, 0.1) is 54.1 Å². The number of phenols is 1. The molecule has 4 aromatic carbocycles. The molecule has 0 saturated carbocycles. The molecule has 0 aromatic heterocycles. The van der Waals surface area contributed by atoms with Gasteiger partial charge in [0.1, 0.15) is 42.8 Å². The second-order valence-corrected chi connectivity index (χ2v) is 26.3. The van der Waals surface area contributed by atoms with Crippen LogP contribution in [0, 0.1) is 10.8 Å². The van der Waals surface area contributed by atoms with E-state index < -0.39 is 50.1 Å². The lowest BCUT2D eigenvalue weighted by Crippen LogP contribution is -2.75. The number of carbonyl (C=O) groups excluding carboxylic acids is 4. The minimum absolute atomic E-state index is 0.152. The average molecular weight is 1590 g/mol. The minimum Gasteiger partial charge on any atom is -0.508 e. The van der Waals surface area contributed by atoms with Crippen molar-refractivity contribution in [1.82, 2.24) is 0 Å². The third-order valence-corrected chi connectivity index (χ3v) is 21.0. The Bertz CT molecular complexity index is 2450. The molecule has 0 amide bonds. The molecule has 0 saturated heterocycles. The van der Waals surface area contributed by atoms with Crippen LogP contribution < -0.4 is 14.2 Å². The number of rotatable bonds is 44. The molecule has 0 spiro atoms. The SMILES string of the molecule is BrCC(CBr)(CBr)CBr.CCCCCCOC(=O)c1ccc(O)cc1.CCCCCCOC(=O)c1ccc(OCC(CBr)(COc2ccc(C(=O)OCCCCCC)cc2)COc2ccc(C(=O)OCCCCCC)cc2)cc1.[B]B([B])B([B])B(B([B])[B])B(B([B])[B])B([B])[B]. The summed E-state index contributed by atoms with van der Waals surface area (Å²) in [5.41, 5.74) is 1.52. The number of benzene rings is 4. The molecule has 4 rings (SSSR count). The van der Waals surface area contributed by atoms with Gasteiger partial charge in [-0.15, -0.1) is 0 Å². The first-order valence-corrected chi connectivity index (χ1v) is 38.4. The van der Waals surface area contributed by atoms with Gasteiger partial charge in [-0.25, -0.2) is 19.2 Å². The maximum Gasteiger partial charge on any atom is 0.338 e. The van der Waals surface area contributed by atoms with Gasteiger partial charge < -0.3 is 38.3 Å². The Balaban J connectivity index is 0.000000879. The molecule has 488 valence electrons. The van der Waals surface area contributed by atoms with Gasteiger partial charge in [-0.05, 0) is 123 Å². The maximum absolute atomic E-state index is 12.5. The Morgan fingerprint density at radius 1 is 0.347 bits per heavy atom. The van der Waals surface area contributed by atoms with Crippen LogP contribution in [0.5, 0.6) is 23.0 Å². The van der Waals surface area contributed by atoms with Crippen LogP contribution >= 0.6 is 79.6 Å². The predicted molar refractivity (Wildman–Crippen MR) is 428 cm³/mol. The van der Waals surface area contributed by atoms with Crippen LogP contribution in [0.4, 0.5) is 0 Å². The first-order valence-electron chi connectivity index (χ1n) is 32.8. The first-order chi connectivity index (χ1) is 45.5. The van der Waals surface area contributed by atoms with Crippen molar-refractivity contribution in [2.24, 2.45) is 10.8 Å². The summed E-state index contributed by atoms with van der Waals surface area (Å²) in [5, 5.41) is 13.6. The van der Waals surface area contributed by atoms with Crippen molar-refractivity contribution in [3.63, 3.8) is 0 Å². The smallest absolute Gasteiger partial charge is 0.338 e. The molecule has 0 aliphatic carbocycles. The Morgan fingerprint density at radius 2 is 0.589 bits per heavy atom. The summed E-state index contributed by atoms with van der Waals surface area (Å²) in [6.07, 6.45) is 11.8. The molecule has 18 radical (unpaired) electrons. The summed E-state index contributed by atoms with van der Waals surface area (Å²) >= 11 is 17.5. The van der Waals surface area contributed by atoms with Crippen LogP contribution in [0.1, 0.15) is 172 Å². The van der Waals surface area contributed by atoms with E-state index in [1.165, 1.54) is 25.0 Å². The fourth-order valence-corrected chi connectivity index (χ4v) is 14.8. The summed E-state index contributed by atoms with van der Waals surface area (Å²) < 4.78 is 40.1. The van der Waals surface area contributed by atoms with Crippen LogP contribution in [0.25, 0.3) is 0 Å². The van der Waals surface area contributed by atoms with Crippen molar-refractivity contribution in [2.75, 3.05) is 72.9 Å². The third-order valence-electron chi connectivity index (χ3n) is 15.0. The third kappa shape index (κ3) is 38.1. The van der Waals surface area contributed by atoms with E-state index in [0.29, 0.717) is 76.7 Å². The number of halogens is 5. The lowest BCUT2D eigenvalue weighted by atomic mass is 8.44. The quantitative estimate of drug-likeness (QED) is 0.0147. The molecule has 95 heavy (non-hydrogen) atoms. The lowest BCUT2D eigenvalue weighted by Gasteiger charge is -2.37. The van der Waals surface area contributed by atoms with Crippen molar-refractivity contribution >= 4 is 218 Å². The molecule has 0 aliphatic rings. The lowest BCUT2D eigenvalue weighted by molar-refractivity contribution is 0.0487. The number of aromatic hydroxyl groups is 1. The zero-order valence-electron chi connectivity index (χ0n) is 56.1. The molecule has 0 fully saturated rings. The molecule has 33 heteroatoms. The largest absolute Gasteiger partial charge is 0.508 e. The highest BCUT2D eigenvalue weighted by molar-refractivity contribution is 9.11. The Morgan fingerprint density at radius 3 is 0.789 bits per heavy atom. The average Bonchev–Trinajstić information content (AvgIpc) is 1.00. The van der Waals surface area contributed by atoms with Crippen molar-refractivity contribution < 1.29 is 57.4 Å². The normalized spacial score (nSPS) is 10.7. The van der Waals surface area contributed by atoms with Gasteiger partial charge in [-0.1, -0.05) is 184 Å². The highest BCUT2D eigenvalue weighted by Crippen LogP contribution is 2.29. The zero-order chi connectivity index (χ0) is 71.0. The van der Waals surface area contributed by atoms with Gasteiger partial charge in [0.2, 0.25) is 0 Å². The molecule has 0 unspecified atom stereocenters. The molecular formula is C62H85B16Br5O12. The highest BCUT2D eigenvalue weighted by atomic mass is 79.9. The number of unbranched alkanes of at least 4 members (excludes halogenated alkanes) is 12. The molecule has 12 nitrogen and oxygen atoms in total. The molecule has 0 heterocycles. The van der Waals surface area contributed by atoms with E-state index in [1.807, 2.05) is 0 Å². The van der Waals surface area contributed by atoms with Gasteiger partial charge in [0, 0.05) is 146 Å². The number of carbonyl (C=O) groups is 4. The Hall–Kier alpha value is -2.60. The van der Waals surface area contributed by atoms with Gasteiger partial charge >= 0.3 is 23.9 Å². The van der Waals surface area contributed by atoms with Crippen LogP contribution in [0.3, 0.4) is 0 Å². The van der Waals surface area contributed by atoms with Crippen molar-refractivity contribution in [3.8, 4) is 23.0 Å². The fourth-order valence-electron chi connectivity index (χ4n) is 8.73. The molecule has 0 atom stereocenters. The van der Waals surface area contributed by atoms with Gasteiger partial charge in [0.25, 0.3) is 0 Å². The van der Waals surface area contributed by atoms with E-state index in [9.17, 15) is 19.2 Å². The number of alkyl halides is 5. The molecular weight excluding hydrogens is 1510 g/mol. The van der Waals surface area contributed by atoms with Crippen LogP contribution in [-0.4, -0.2) is 216 Å². The van der Waals surface area contributed by atoms with Crippen molar-refractivity contribution in [2.45, 2.75) is 130 Å². The monoisotopic (exact) mass is 1590 g/mol. The maximum atomic E-state index is 12.5. The summed E-state index contributed by atoms with van der Waals surface area (Å²) in [4.78, 5) is 49.0. The fraction of sp³-hybridized carbons (Fsp3) is 0.548. The number of hydrogen-bond acceptors (Lipinski definition) is 12. The standard InChI is InChI=1S/C44H59BrO9.C13H18O3.C5H8Br4.B16/c1-4-7-10-13-28-49-41(46)35-16-22-38(23-17-35)52-32-44(31-45,33-53-39-24-18-36(19-25-39)42(47)50-29-14-11-8-5-2)34-54-40-26-20-37(21-27-40)43(48)51-30-15-12-9-6-3;1-2-3-4-5-10-16-13(15)11-6-8-12(14)9-7-11;6-1-5(2-7,3-8)4-9;1-10(2)14(9)16(13(7)8)15(11(3)4)12(5)6/h16-27H,4-15,28-34H2,1-3H3;6-9,14H,2-5,10H2,1H3;1-4H2;. The number of hydrogen-bond donors (Lipinski definition) is 1. The van der Waals surface area contributed by atoms with Gasteiger partial charge in [-0.2, -0.15) is 0 Å². The molecule has 0 aliphatic heterocycles. The van der Waals surface area contributed by atoms with E-state index in [1.54, 1.807) is 84.9 Å². The second-order valence-electron chi connectivity index (χ2n) is 23.5. The van der Waals surface area contributed by atoms with E-state index in [0.717, 1.165) is 111 Å². The van der Waals surface area contributed by atoms with E-state index >= 15 is 0 Å². The van der Waals surface area contributed by atoms with Crippen molar-refractivity contribution in [1.29, 1.82) is 0 Å². The van der Waals surface area contributed by atoms with Crippen LogP contribution in [0.2, 0.25) is 0 Å². The van der Waals surface area contributed by atoms with E-state index in [4.69, 9.17) is 108 Å². The Kier molecular flexibility index (Phi) is 51.6. The van der Waals surface area contributed by atoms with Gasteiger partial charge in [-0.3, -0.25) is 0 Å². The summed E-state index contributed by atoms with van der Waals surface area (Å²) in [7, 11) is 50.4. The van der Waals surface area contributed by atoms with Crippen molar-refractivity contribution in [3.05, 3.63) is 119 Å². The highest BCUT2D eigenvalue weighted by Gasteiger charge is 2.39. The number of ether oxygens (including phenoxy) is 7. The first kappa shape index (κ1) is 90.4. The van der Waals surface area contributed by atoms with Crippen LogP contribution in [0.15, 0.2) is 97.1 Å². The Labute approximate surface area is 626 Å². The van der Waals surface area contributed by atoms with Crippen LogP contribution in [-0.2, 0) is 18.9 Å². The minimum atomic E-state index is -0.807. The van der Waals surface area contributed by atoms with E-state index in [2.05, 4.69) is 107 Å².